The molecule has 0 amide bonds. The van der Waals surface area contributed by atoms with Crippen molar-refractivity contribution in [3.05, 3.63) is 11.8 Å². The second kappa shape index (κ2) is 7.87. The lowest BCUT2D eigenvalue weighted by Gasteiger charge is -2.17. The molecule has 3 N–H and O–H groups in total. The van der Waals surface area contributed by atoms with Crippen LogP contribution >= 0.6 is 0 Å². The van der Waals surface area contributed by atoms with Crippen LogP contribution in [-0.4, -0.2) is 41.0 Å². The molecule has 1 rings (SSSR count). The molecule has 1 aromatic rings. The van der Waals surface area contributed by atoms with E-state index in [2.05, 4.69) is 34.0 Å². The molecule has 0 atom stereocenters. The van der Waals surface area contributed by atoms with Crippen LogP contribution < -0.4 is 11.1 Å². The van der Waals surface area contributed by atoms with Gasteiger partial charge in [0.1, 0.15) is 5.82 Å². The minimum Gasteiger partial charge on any atom is -0.384 e. The van der Waals surface area contributed by atoms with Gasteiger partial charge in [0.15, 0.2) is 0 Å². The van der Waals surface area contributed by atoms with Crippen LogP contribution in [0, 0.1) is 6.92 Å². The quantitative estimate of drug-likeness (QED) is 0.691. The van der Waals surface area contributed by atoms with Crippen molar-refractivity contribution in [2.75, 3.05) is 37.2 Å². The Kier molecular flexibility index (Phi) is 6.43. The van der Waals surface area contributed by atoms with E-state index in [1.807, 2.05) is 6.92 Å². The average molecular weight is 251 g/mol. The molecule has 0 bridgehead atoms. The molecule has 0 aliphatic heterocycles. The minimum atomic E-state index is 0.521. The summed E-state index contributed by atoms with van der Waals surface area (Å²) in [6, 6.07) is 1.77. The number of nitrogen functional groups attached to an aromatic ring is 1. The van der Waals surface area contributed by atoms with Crippen molar-refractivity contribution in [3.63, 3.8) is 0 Å². The van der Waals surface area contributed by atoms with E-state index in [4.69, 9.17) is 5.73 Å². The van der Waals surface area contributed by atoms with Gasteiger partial charge in [0.05, 0.1) is 0 Å². The number of nitrogens with one attached hydrogen (secondary N) is 1. The van der Waals surface area contributed by atoms with E-state index in [1.54, 1.807) is 6.07 Å². The Morgan fingerprint density at radius 3 is 2.56 bits per heavy atom. The number of nitrogens with zero attached hydrogens (tertiary/aromatic N) is 3. The SMILES string of the molecule is CCN(CC)CCCCNc1nc(C)cc(N)n1. The molecular formula is C13H25N5. The highest BCUT2D eigenvalue weighted by Gasteiger charge is 2.00. The van der Waals surface area contributed by atoms with E-state index in [0.29, 0.717) is 11.8 Å². The summed E-state index contributed by atoms with van der Waals surface area (Å²) in [7, 11) is 0. The average Bonchev–Trinajstić information content (AvgIpc) is 2.32. The molecule has 0 aromatic carbocycles. The number of rotatable bonds is 8. The first-order valence-corrected chi connectivity index (χ1v) is 6.73. The standard InChI is InChI=1S/C13H25N5/c1-4-18(5-2)9-7-6-8-15-13-16-11(3)10-12(14)17-13/h10H,4-9H2,1-3H3,(H3,14,15,16,17). The van der Waals surface area contributed by atoms with Crippen molar-refractivity contribution in [3.8, 4) is 0 Å². The third kappa shape index (κ3) is 5.31. The molecule has 0 spiro atoms. The molecule has 1 heterocycles. The maximum absolute atomic E-state index is 5.67. The summed E-state index contributed by atoms with van der Waals surface area (Å²) in [6.45, 7) is 10.6. The van der Waals surface area contributed by atoms with Crippen molar-refractivity contribution >= 4 is 11.8 Å². The first-order valence-electron chi connectivity index (χ1n) is 6.73. The van der Waals surface area contributed by atoms with E-state index in [0.717, 1.165) is 38.3 Å². The molecule has 0 unspecified atom stereocenters. The Balaban J connectivity index is 2.21. The van der Waals surface area contributed by atoms with Gasteiger partial charge in [-0.2, -0.15) is 4.98 Å². The summed E-state index contributed by atoms with van der Waals surface area (Å²) >= 11 is 0. The maximum Gasteiger partial charge on any atom is 0.224 e. The molecule has 0 saturated carbocycles. The summed E-state index contributed by atoms with van der Waals surface area (Å²) in [5.41, 5.74) is 6.56. The largest absolute Gasteiger partial charge is 0.384 e. The van der Waals surface area contributed by atoms with Crippen LogP contribution in [0.1, 0.15) is 32.4 Å². The first-order chi connectivity index (χ1) is 8.65. The number of hydrogen-bond donors (Lipinski definition) is 2. The molecule has 5 heteroatoms. The van der Waals surface area contributed by atoms with Crippen molar-refractivity contribution in [2.45, 2.75) is 33.6 Å². The third-order valence-corrected chi connectivity index (χ3v) is 2.95. The van der Waals surface area contributed by atoms with E-state index >= 15 is 0 Å². The summed E-state index contributed by atoms with van der Waals surface area (Å²) in [5, 5.41) is 3.22. The van der Waals surface area contributed by atoms with Gasteiger partial charge in [-0.05, 0) is 39.4 Å². The van der Waals surface area contributed by atoms with Crippen LogP contribution in [0.4, 0.5) is 11.8 Å². The molecule has 102 valence electrons. The Labute approximate surface area is 110 Å². The molecule has 0 aliphatic rings. The van der Waals surface area contributed by atoms with Crippen molar-refractivity contribution < 1.29 is 0 Å². The van der Waals surface area contributed by atoms with Gasteiger partial charge in [-0.15, -0.1) is 0 Å². The minimum absolute atomic E-state index is 0.521. The lowest BCUT2D eigenvalue weighted by atomic mass is 10.3. The van der Waals surface area contributed by atoms with Gasteiger partial charge in [-0.25, -0.2) is 4.98 Å². The molecule has 0 saturated heterocycles. The van der Waals surface area contributed by atoms with Crippen LogP contribution in [0.2, 0.25) is 0 Å². The highest BCUT2D eigenvalue weighted by molar-refractivity contribution is 5.37. The van der Waals surface area contributed by atoms with Gasteiger partial charge in [0.2, 0.25) is 5.95 Å². The van der Waals surface area contributed by atoms with Gasteiger partial charge in [0, 0.05) is 18.3 Å². The fourth-order valence-corrected chi connectivity index (χ4v) is 1.87. The number of anilines is 2. The fourth-order valence-electron chi connectivity index (χ4n) is 1.87. The van der Waals surface area contributed by atoms with Crippen LogP contribution in [0.15, 0.2) is 6.07 Å². The Hall–Kier alpha value is -1.36. The first kappa shape index (κ1) is 14.7. The summed E-state index contributed by atoms with van der Waals surface area (Å²) in [4.78, 5) is 10.9. The zero-order valence-electron chi connectivity index (χ0n) is 11.7. The van der Waals surface area contributed by atoms with Gasteiger partial charge in [-0.1, -0.05) is 13.8 Å². The van der Waals surface area contributed by atoms with Gasteiger partial charge in [0.25, 0.3) is 0 Å². The van der Waals surface area contributed by atoms with E-state index < -0.39 is 0 Å². The summed E-state index contributed by atoms with van der Waals surface area (Å²) in [6.07, 6.45) is 2.31. The van der Waals surface area contributed by atoms with Gasteiger partial charge in [-0.3, -0.25) is 0 Å². The monoisotopic (exact) mass is 251 g/mol. The fraction of sp³-hybridized carbons (Fsp3) is 0.692. The van der Waals surface area contributed by atoms with Gasteiger partial charge < -0.3 is 16.0 Å². The molecule has 1 aromatic heterocycles. The topological polar surface area (TPSA) is 67.1 Å². The molecule has 5 nitrogen and oxygen atoms in total. The predicted octanol–water partition coefficient (Wildman–Crippen LogP) is 1.90. The molecule has 0 fully saturated rings. The van der Waals surface area contributed by atoms with E-state index in [1.165, 1.54) is 6.42 Å². The smallest absolute Gasteiger partial charge is 0.224 e. The molecular weight excluding hydrogens is 226 g/mol. The van der Waals surface area contributed by atoms with E-state index in [-0.39, 0.29) is 0 Å². The second-order valence-corrected chi connectivity index (χ2v) is 4.42. The number of nitrogens with two attached hydrogens (primary N) is 1. The lowest BCUT2D eigenvalue weighted by Crippen LogP contribution is -2.24. The number of aryl methyl sites for hydroxylation is 1. The normalized spacial score (nSPS) is 10.9. The second-order valence-electron chi connectivity index (χ2n) is 4.42. The van der Waals surface area contributed by atoms with Crippen LogP contribution in [0.5, 0.6) is 0 Å². The Bertz CT molecular complexity index is 329. The van der Waals surface area contributed by atoms with Gasteiger partial charge >= 0.3 is 0 Å². The number of hydrogen-bond acceptors (Lipinski definition) is 5. The van der Waals surface area contributed by atoms with Crippen LogP contribution in [-0.2, 0) is 0 Å². The molecule has 0 radical (unpaired) electrons. The maximum atomic E-state index is 5.67. The van der Waals surface area contributed by atoms with Crippen LogP contribution in [0.3, 0.4) is 0 Å². The molecule has 18 heavy (non-hydrogen) atoms. The van der Waals surface area contributed by atoms with Crippen LogP contribution in [0.25, 0.3) is 0 Å². The van der Waals surface area contributed by atoms with E-state index in [9.17, 15) is 0 Å². The Morgan fingerprint density at radius 1 is 1.22 bits per heavy atom. The third-order valence-electron chi connectivity index (χ3n) is 2.95. The zero-order valence-corrected chi connectivity index (χ0v) is 11.7. The van der Waals surface area contributed by atoms with Crippen molar-refractivity contribution in [1.82, 2.24) is 14.9 Å². The summed E-state index contributed by atoms with van der Waals surface area (Å²) < 4.78 is 0. The predicted molar refractivity (Wildman–Crippen MR) is 76.7 cm³/mol. The summed E-state index contributed by atoms with van der Waals surface area (Å²) in [5.74, 6) is 1.16. The highest BCUT2D eigenvalue weighted by atomic mass is 15.1. The highest BCUT2D eigenvalue weighted by Crippen LogP contribution is 2.06. The Morgan fingerprint density at radius 2 is 1.94 bits per heavy atom. The van der Waals surface area contributed by atoms with Crippen molar-refractivity contribution in [1.29, 1.82) is 0 Å². The van der Waals surface area contributed by atoms with Crippen molar-refractivity contribution in [2.24, 2.45) is 0 Å². The number of unbranched alkanes of at least 4 members (excludes halogenated alkanes) is 1. The zero-order chi connectivity index (χ0) is 13.4. The lowest BCUT2D eigenvalue weighted by molar-refractivity contribution is 0.298. The molecule has 0 aliphatic carbocycles. The number of aromatic nitrogens is 2.